The van der Waals surface area contributed by atoms with Gasteiger partial charge < -0.3 is 4.57 Å². The molecule has 0 saturated carbocycles. The summed E-state index contributed by atoms with van der Waals surface area (Å²) < 4.78 is 2.38. The molecule has 0 radical (unpaired) electrons. The van der Waals surface area contributed by atoms with Gasteiger partial charge in [0.15, 0.2) is 11.6 Å². The first-order valence-electron chi connectivity index (χ1n) is 23.6. The number of para-hydroxylation sites is 1. The molecule has 0 bridgehead atoms. The summed E-state index contributed by atoms with van der Waals surface area (Å²) in [6.45, 7) is 13.5. The average Bonchev–Trinajstić information content (AvgIpc) is 4.03. The largest absolute Gasteiger partial charge is 0.309 e. The average molecular weight is 880 g/mol. The van der Waals surface area contributed by atoms with Crippen molar-refractivity contribution in [2.24, 2.45) is 5.41 Å². The van der Waals surface area contributed by atoms with Gasteiger partial charge in [0.25, 0.3) is 0 Å². The Kier molecular flexibility index (Phi) is 8.73. The number of fused-ring (bicyclic) bond motifs is 11. The molecule has 13 rings (SSSR count). The number of carbonyl (C=O) groups is 2. The number of aromatic nitrogens is 1. The van der Waals surface area contributed by atoms with E-state index >= 15 is 4.79 Å². The number of hydrogen-bond acceptors (Lipinski definition) is 2. The van der Waals surface area contributed by atoms with Crippen LogP contribution >= 0.6 is 0 Å². The summed E-state index contributed by atoms with van der Waals surface area (Å²) >= 11 is 0. The molecule has 0 saturated heterocycles. The summed E-state index contributed by atoms with van der Waals surface area (Å²) in [5.74, 6) is -0.0522. The lowest BCUT2D eigenvalue weighted by atomic mass is 9.62. The second-order valence-electron chi connectivity index (χ2n) is 20.9. The van der Waals surface area contributed by atoms with Crippen LogP contribution in [0.25, 0.3) is 49.7 Å². The van der Waals surface area contributed by atoms with E-state index in [1.54, 1.807) is 0 Å². The summed E-state index contributed by atoms with van der Waals surface area (Å²) in [6, 6.07) is 59.7. The van der Waals surface area contributed by atoms with Gasteiger partial charge in [0.2, 0.25) is 0 Å². The molecule has 1 unspecified atom stereocenters. The minimum absolute atomic E-state index is 0. The van der Waals surface area contributed by atoms with E-state index in [1.807, 2.05) is 18.2 Å². The van der Waals surface area contributed by atoms with Crippen molar-refractivity contribution in [3.05, 3.63) is 255 Å². The van der Waals surface area contributed by atoms with Crippen molar-refractivity contribution in [1.29, 1.82) is 0 Å². The zero-order valence-electron chi connectivity index (χ0n) is 38.7. The highest BCUT2D eigenvalue weighted by Gasteiger charge is 2.48. The van der Waals surface area contributed by atoms with Crippen molar-refractivity contribution in [3.63, 3.8) is 0 Å². The Morgan fingerprint density at radius 2 is 0.926 bits per heavy atom. The Morgan fingerprint density at radius 3 is 1.53 bits per heavy atom. The minimum atomic E-state index is -0.768. The lowest BCUT2D eigenvalue weighted by Crippen LogP contribution is -2.36. The van der Waals surface area contributed by atoms with Crippen molar-refractivity contribution < 1.29 is 9.59 Å². The molecule has 0 N–H and O–H groups in total. The first-order valence-corrected chi connectivity index (χ1v) is 23.6. The highest BCUT2D eigenvalue weighted by Crippen LogP contribution is 2.57. The van der Waals surface area contributed by atoms with Crippen LogP contribution in [0, 0.1) is 5.41 Å². The molecule has 3 nitrogen and oxygen atoms in total. The third-order valence-electron chi connectivity index (χ3n) is 15.9. The first-order chi connectivity index (χ1) is 32.3. The second kappa shape index (κ2) is 14.2. The molecule has 1 aromatic heterocycles. The Balaban J connectivity index is 0.00000480. The van der Waals surface area contributed by atoms with E-state index in [1.165, 1.54) is 44.5 Å². The molecule has 0 amide bonds. The van der Waals surface area contributed by atoms with E-state index < -0.39 is 5.41 Å². The maximum atomic E-state index is 15.5. The number of carbonyl (C=O) groups excluding carboxylic acids is 2. The summed E-state index contributed by atoms with van der Waals surface area (Å²) in [5, 5.41) is 1.88. The second-order valence-corrected chi connectivity index (χ2v) is 20.9. The van der Waals surface area contributed by atoms with Gasteiger partial charge in [0, 0.05) is 49.3 Å². The van der Waals surface area contributed by atoms with E-state index in [0.717, 1.165) is 49.7 Å². The van der Waals surface area contributed by atoms with Gasteiger partial charge >= 0.3 is 0 Å². The molecule has 3 aliphatic carbocycles. The number of benzene rings is 8. The van der Waals surface area contributed by atoms with Crippen LogP contribution in [0.3, 0.4) is 0 Å². The molecule has 4 aliphatic rings. The van der Waals surface area contributed by atoms with Crippen LogP contribution in [0.1, 0.15) is 120 Å². The number of ketones is 2. The molecule has 1 aliphatic heterocycles. The van der Waals surface area contributed by atoms with Crippen LogP contribution in [-0.2, 0) is 16.2 Å². The van der Waals surface area contributed by atoms with Gasteiger partial charge in [-0.25, -0.2) is 0 Å². The van der Waals surface area contributed by atoms with Gasteiger partial charge in [0.1, 0.15) is 0 Å². The summed E-state index contributed by atoms with van der Waals surface area (Å²) in [6.07, 6.45) is 7.01. The van der Waals surface area contributed by atoms with Crippen molar-refractivity contribution in [3.8, 4) is 27.9 Å². The fraction of sp³-hybridized carbons (Fsp3) is 0.169. The van der Waals surface area contributed by atoms with Crippen molar-refractivity contribution >= 4 is 33.4 Å². The number of hydrogen-bond donors (Lipinski definition) is 0. The fourth-order valence-electron chi connectivity index (χ4n) is 12.6. The van der Waals surface area contributed by atoms with Crippen LogP contribution in [-0.4, -0.2) is 16.1 Å². The molecule has 3 heteroatoms. The Bertz CT molecular complexity index is 3760. The Labute approximate surface area is 399 Å². The first kappa shape index (κ1) is 41.8. The standard InChI is InChI=1S/C64H49NO2.CH4/c1-61(2)31-30-43(37-61)64(42-16-8-7-9-17-42)52-22-14-15-23-57(52)65-56-29-26-38(59(66)39-24-27-46-44-18-10-12-20-50(44)62(3,4)53(46)34-39)32-48(56)49-33-41(36-55(64)58(49)65)60(67)40-25-28-47-45-19-11-13-21-51(45)63(5,6)54(47)35-40;/h7-37H,1-6H3;1H4. The molecule has 68 heavy (non-hydrogen) atoms. The topological polar surface area (TPSA) is 39.1 Å². The van der Waals surface area contributed by atoms with Crippen molar-refractivity contribution in [1.82, 2.24) is 4.57 Å². The predicted octanol–water partition coefficient (Wildman–Crippen LogP) is 15.7. The summed E-state index contributed by atoms with van der Waals surface area (Å²) in [4.78, 5) is 30.4. The van der Waals surface area contributed by atoms with Gasteiger partial charge in [-0.1, -0.05) is 189 Å². The fourth-order valence-corrected chi connectivity index (χ4v) is 12.6. The van der Waals surface area contributed by atoms with Gasteiger partial charge in [0.05, 0.1) is 22.1 Å². The number of nitrogens with zero attached hydrogens (tertiary/aromatic N) is 1. The van der Waals surface area contributed by atoms with Crippen LogP contribution in [0.15, 0.2) is 194 Å². The molecular weight excluding hydrogens is 827 g/mol. The van der Waals surface area contributed by atoms with Crippen molar-refractivity contribution in [2.75, 3.05) is 0 Å². The molecule has 0 fully saturated rings. The van der Waals surface area contributed by atoms with E-state index in [4.69, 9.17) is 0 Å². The lowest BCUT2D eigenvalue weighted by molar-refractivity contribution is 0.103. The third kappa shape index (κ3) is 5.47. The van der Waals surface area contributed by atoms with Crippen LogP contribution in [0.2, 0.25) is 0 Å². The predicted molar refractivity (Wildman–Crippen MR) is 280 cm³/mol. The molecule has 330 valence electrons. The van der Waals surface area contributed by atoms with Crippen molar-refractivity contribution in [2.45, 2.75) is 65.2 Å². The molecular formula is C65H53NO2. The molecule has 9 aromatic rings. The van der Waals surface area contributed by atoms with Gasteiger partial charge in [-0.15, -0.1) is 0 Å². The quantitative estimate of drug-likeness (QED) is 0.156. The Hall–Kier alpha value is -7.62. The lowest BCUT2D eigenvalue weighted by Gasteiger charge is -2.42. The van der Waals surface area contributed by atoms with Gasteiger partial charge in [-0.2, -0.15) is 0 Å². The zero-order valence-corrected chi connectivity index (χ0v) is 38.7. The van der Waals surface area contributed by atoms with E-state index in [9.17, 15) is 4.79 Å². The molecule has 1 atom stereocenters. The zero-order chi connectivity index (χ0) is 45.8. The van der Waals surface area contributed by atoms with E-state index in [-0.39, 0.29) is 35.2 Å². The highest BCUT2D eigenvalue weighted by molar-refractivity contribution is 6.20. The van der Waals surface area contributed by atoms with Gasteiger partial charge in [-0.3, -0.25) is 9.59 Å². The van der Waals surface area contributed by atoms with Crippen LogP contribution in [0.5, 0.6) is 0 Å². The van der Waals surface area contributed by atoms with Gasteiger partial charge in [-0.05, 0) is 115 Å². The third-order valence-corrected chi connectivity index (χ3v) is 15.9. The molecule has 8 aromatic carbocycles. The summed E-state index contributed by atoms with van der Waals surface area (Å²) in [7, 11) is 0. The monoisotopic (exact) mass is 879 g/mol. The van der Waals surface area contributed by atoms with Crippen LogP contribution < -0.4 is 0 Å². The summed E-state index contributed by atoms with van der Waals surface area (Å²) in [5.41, 5.74) is 18.5. The SMILES string of the molecule is C.CC1(C)C=CC(C2(c3ccccc3)c3ccccc3-n3c4ccc(C(=O)c5ccc6c(c5)C(C)(C)c5ccccc5-6)cc4c4cc(C(=O)c5ccc6c(c5)C(C)(C)c5ccccc5-6)cc2c43)=C1. The normalized spacial score (nSPS) is 18.0. The number of allylic oxidation sites excluding steroid dienone is 4. The smallest absolute Gasteiger partial charge is 0.193 e. The molecule has 2 heterocycles. The van der Waals surface area contributed by atoms with E-state index in [0.29, 0.717) is 22.3 Å². The Morgan fingerprint density at radius 1 is 0.441 bits per heavy atom. The molecule has 0 spiro atoms. The van der Waals surface area contributed by atoms with Crippen LogP contribution in [0.4, 0.5) is 0 Å². The maximum absolute atomic E-state index is 15.5. The van der Waals surface area contributed by atoms with E-state index in [2.05, 4.69) is 216 Å². The minimum Gasteiger partial charge on any atom is -0.309 e. The maximum Gasteiger partial charge on any atom is 0.193 e. The highest BCUT2D eigenvalue weighted by atomic mass is 16.1. The number of rotatable bonds is 6.